The molecule has 32 heavy (non-hydrogen) atoms. The summed E-state index contributed by atoms with van der Waals surface area (Å²) in [6, 6.07) is 20.7. The Morgan fingerprint density at radius 1 is 0.906 bits per heavy atom. The number of nitrogens with zero attached hydrogens (tertiary/aromatic N) is 2. The molecule has 0 bridgehead atoms. The zero-order valence-corrected chi connectivity index (χ0v) is 18.0. The number of benzene rings is 3. The number of thiazole rings is 1. The van der Waals surface area contributed by atoms with E-state index in [-0.39, 0.29) is 21.7 Å². The van der Waals surface area contributed by atoms with Crippen molar-refractivity contribution in [1.29, 1.82) is 0 Å². The van der Waals surface area contributed by atoms with Gasteiger partial charge in [-0.3, -0.25) is 19.7 Å². The minimum atomic E-state index is -0.520. The number of hydrogen-bond donors (Lipinski definition) is 1. The van der Waals surface area contributed by atoms with E-state index < -0.39 is 17.7 Å². The number of fused-ring (bicyclic) bond motifs is 1. The van der Waals surface area contributed by atoms with E-state index in [2.05, 4.69) is 10.3 Å². The van der Waals surface area contributed by atoms with Gasteiger partial charge in [0.15, 0.2) is 5.13 Å². The van der Waals surface area contributed by atoms with Gasteiger partial charge in [-0.2, -0.15) is 0 Å². The number of hydrogen-bond acceptors (Lipinski definition) is 5. The molecule has 0 atom stereocenters. The Bertz CT molecular complexity index is 1380. The van der Waals surface area contributed by atoms with E-state index in [9.17, 15) is 14.4 Å². The Labute approximate surface area is 192 Å². The summed E-state index contributed by atoms with van der Waals surface area (Å²) in [5.74, 6) is -1.41. The van der Waals surface area contributed by atoms with E-state index in [1.165, 1.54) is 29.5 Å². The summed E-state index contributed by atoms with van der Waals surface area (Å²) >= 11 is 7.49. The van der Waals surface area contributed by atoms with Crippen molar-refractivity contribution in [3.63, 3.8) is 0 Å². The van der Waals surface area contributed by atoms with Crippen molar-refractivity contribution < 1.29 is 14.4 Å². The van der Waals surface area contributed by atoms with Gasteiger partial charge in [-0.15, -0.1) is 11.3 Å². The van der Waals surface area contributed by atoms with Gasteiger partial charge >= 0.3 is 0 Å². The van der Waals surface area contributed by atoms with Crippen molar-refractivity contribution in [3.8, 4) is 11.3 Å². The average molecular weight is 460 g/mol. The lowest BCUT2D eigenvalue weighted by molar-refractivity contribution is 0.0925. The zero-order valence-electron chi connectivity index (χ0n) is 16.4. The molecule has 6 nitrogen and oxygen atoms in total. The minimum Gasteiger partial charge on any atom is -0.298 e. The Morgan fingerprint density at radius 3 is 2.41 bits per heavy atom. The lowest BCUT2D eigenvalue weighted by atomic mass is 10.1. The quantitative estimate of drug-likeness (QED) is 0.408. The maximum absolute atomic E-state index is 13.0. The van der Waals surface area contributed by atoms with Crippen LogP contribution in [0.1, 0.15) is 31.1 Å². The third-order valence-corrected chi connectivity index (χ3v) is 6.11. The molecule has 0 saturated heterocycles. The highest BCUT2D eigenvalue weighted by Gasteiger charge is 2.38. The number of amides is 3. The molecule has 0 radical (unpaired) electrons. The third-order valence-electron chi connectivity index (χ3n) is 5.04. The van der Waals surface area contributed by atoms with Gasteiger partial charge in [0.05, 0.1) is 27.5 Å². The number of nitrogens with one attached hydrogen (secondary N) is 1. The van der Waals surface area contributed by atoms with Gasteiger partial charge < -0.3 is 0 Å². The third kappa shape index (κ3) is 3.47. The SMILES string of the molecule is O=C(Nc1nc(-c2ccccc2)cs1)c1ccc2c(c1)C(=O)N(c1ccccc1Cl)C2=O. The Balaban J connectivity index is 1.39. The van der Waals surface area contributed by atoms with Crippen LogP contribution in [-0.4, -0.2) is 22.7 Å². The maximum Gasteiger partial charge on any atom is 0.266 e. The average Bonchev–Trinajstić information content (AvgIpc) is 3.37. The number of para-hydroxylation sites is 1. The number of carbonyl (C=O) groups is 3. The fraction of sp³-hybridized carbons (Fsp3) is 0. The van der Waals surface area contributed by atoms with E-state index >= 15 is 0 Å². The fourth-order valence-corrected chi connectivity index (χ4v) is 4.41. The number of carbonyl (C=O) groups excluding carboxylic acids is 3. The topological polar surface area (TPSA) is 79.4 Å². The van der Waals surface area contributed by atoms with Gasteiger partial charge in [-0.05, 0) is 30.3 Å². The van der Waals surface area contributed by atoms with Crippen molar-refractivity contribution in [2.24, 2.45) is 0 Å². The minimum absolute atomic E-state index is 0.159. The highest BCUT2D eigenvalue weighted by Crippen LogP contribution is 2.33. The van der Waals surface area contributed by atoms with E-state index in [1.807, 2.05) is 35.7 Å². The smallest absolute Gasteiger partial charge is 0.266 e. The number of imide groups is 1. The first-order valence-electron chi connectivity index (χ1n) is 9.62. The standard InChI is InChI=1S/C24H14ClN3O3S/c25-18-8-4-5-9-20(18)28-22(30)16-11-10-15(12-17(16)23(28)31)21(29)27-24-26-19(13-32-24)14-6-2-1-3-7-14/h1-13H,(H,26,27,29). The second-order valence-corrected chi connectivity index (χ2v) is 8.28. The van der Waals surface area contributed by atoms with Gasteiger partial charge in [0.1, 0.15) is 0 Å². The van der Waals surface area contributed by atoms with Crippen molar-refractivity contribution in [1.82, 2.24) is 4.98 Å². The van der Waals surface area contributed by atoms with Gasteiger partial charge in [0.25, 0.3) is 17.7 Å². The summed E-state index contributed by atoms with van der Waals surface area (Å²) in [4.78, 5) is 44.0. The van der Waals surface area contributed by atoms with Crippen LogP contribution in [0.15, 0.2) is 78.2 Å². The predicted molar refractivity (Wildman–Crippen MR) is 125 cm³/mol. The molecule has 156 valence electrons. The summed E-state index contributed by atoms with van der Waals surface area (Å²) < 4.78 is 0. The second kappa shape index (κ2) is 8.03. The normalized spacial score (nSPS) is 12.7. The molecule has 0 spiro atoms. The highest BCUT2D eigenvalue weighted by molar-refractivity contribution is 7.14. The monoisotopic (exact) mass is 459 g/mol. The Morgan fingerprint density at radius 2 is 1.62 bits per heavy atom. The first-order valence-corrected chi connectivity index (χ1v) is 10.9. The van der Waals surface area contributed by atoms with Crippen LogP contribution in [0.3, 0.4) is 0 Å². The molecule has 1 N–H and O–H groups in total. The molecule has 0 aliphatic carbocycles. The molecule has 1 aliphatic heterocycles. The largest absolute Gasteiger partial charge is 0.298 e. The number of aromatic nitrogens is 1. The molecule has 1 aliphatic rings. The Kier molecular flexibility index (Phi) is 5.05. The fourth-order valence-electron chi connectivity index (χ4n) is 3.48. The summed E-state index contributed by atoms with van der Waals surface area (Å²) in [7, 11) is 0. The van der Waals surface area contributed by atoms with Crippen LogP contribution in [0.25, 0.3) is 11.3 Å². The van der Waals surface area contributed by atoms with Crippen LogP contribution >= 0.6 is 22.9 Å². The second-order valence-electron chi connectivity index (χ2n) is 7.02. The molecule has 0 fully saturated rings. The van der Waals surface area contributed by atoms with Crippen LogP contribution in [0.2, 0.25) is 5.02 Å². The molecule has 3 aromatic carbocycles. The first kappa shape index (κ1) is 20.1. The van der Waals surface area contributed by atoms with Crippen LogP contribution in [0, 0.1) is 0 Å². The van der Waals surface area contributed by atoms with E-state index in [1.54, 1.807) is 24.3 Å². The summed E-state index contributed by atoms with van der Waals surface area (Å²) in [5, 5.41) is 5.34. The van der Waals surface area contributed by atoms with Gasteiger partial charge in [0, 0.05) is 16.5 Å². The molecular formula is C24H14ClN3O3S. The summed E-state index contributed by atoms with van der Waals surface area (Å²) in [5.41, 5.74) is 2.66. The van der Waals surface area contributed by atoms with Gasteiger partial charge in [-0.1, -0.05) is 54.1 Å². The van der Waals surface area contributed by atoms with E-state index in [4.69, 9.17) is 11.6 Å². The van der Waals surface area contributed by atoms with E-state index in [0.717, 1.165) is 16.2 Å². The first-order chi connectivity index (χ1) is 15.5. The summed E-state index contributed by atoms with van der Waals surface area (Å²) in [6.45, 7) is 0. The highest BCUT2D eigenvalue weighted by atomic mass is 35.5. The van der Waals surface area contributed by atoms with Crippen molar-refractivity contribution in [2.45, 2.75) is 0 Å². The van der Waals surface area contributed by atoms with Crippen molar-refractivity contribution in [2.75, 3.05) is 10.2 Å². The van der Waals surface area contributed by atoms with Crippen LogP contribution in [-0.2, 0) is 0 Å². The molecule has 8 heteroatoms. The van der Waals surface area contributed by atoms with Crippen LogP contribution in [0.4, 0.5) is 10.8 Å². The molecule has 0 unspecified atom stereocenters. The number of anilines is 2. The van der Waals surface area contributed by atoms with E-state index in [0.29, 0.717) is 10.8 Å². The lowest BCUT2D eigenvalue weighted by Crippen LogP contribution is -2.29. The molecule has 0 saturated carbocycles. The van der Waals surface area contributed by atoms with Gasteiger partial charge in [-0.25, -0.2) is 9.88 Å². The lowest BCUT2D eigenvalue weighted by Gasteiger charge is -2.15. The van der Waals surface area contributed by atoms with Crippen molar-refractivity contribution in [3.05, 3.63) is 99.9 Å². The zero-order chi connectivity index (χ0) is 22.2. The molecule has 1 aromatic heterocycles. The maximum atomic E-state index is 13.0. The number of halogens is 1. The van der Waals surface area contributed by atoms with Crippen LogP contribution in [0.5, 0.6) is 0 Å². The Hall–Kier alpha value is -3.81. The summed E-state index contributed by atoms with van der Waals surface area (Å²) in [6.07, 6.45) is 0. The molecule has 5 rings (SSSR count). The van der Waals surface area contributed by atoms with Crippen LogP contribution < -0.4 is 10.2 Å². The predicted octanol–water partition coefficient (Wildman–Crippen LogP) is 5.52. The molecule has 2 heterocycles. The molecular weight excluding hydrogens is 446 g/mol. The van der Waals surface area contributed by atoms with Gasteiger partial charge in [0.2, 0.25) is 0 Å². The van der Waals surface area contributed by atoms with Crippen molar-refractivity contribution >= 4 is 51.5 Å². The number of rotatable bonds is 4. The molecule has 3 amide bonds. The molecule has 4 aromatic rings.